The molecule has 0 fully saturated rings. The average molecular weight is 375 g/mol. The molecule has 0 aliphatic rings. The first-order valence-corrected chi connectivity index (χ1v) is 9.56. The predicted molar refractivity (Wildman–Crippen MR) is 112 cm³/mol. The van der Waals surface area contributed by atoms with Crippen LogP contribution >= 0.6 is 11.3 Å². The van der Waals surface area contributed by atoms with E-state index in [4.69, 9.17) is 4.74 Å². The first kappa shape index (κ1) is 18.7. The van der Waals surface area contributed by atoms with Crippen LogP contribution in [0.2, 0.25) is 0 Å². The standard InChI is InChI=1S/C22H21N3OS/c1-15(2)19-6-4-5-7-20(19)24-13-17(12-23)22-25-21(14-27-22)16-8-10-18(26-3)11-9-16/h4-11,13-15,24H,1-3H3/b17-13-. The van der Waals surface area contributed by atoms with Gasteiger partial charge in [-0.3, -0.25) is 0 Å². The molecule has 1 heterocycles. The van der Waals surface area contributed by atoms with Crippen molar-refractivity contribution in [1.29, 1.82) is 5.26 Å². The maximum Gasteiger partial charge on any atom is 0.136 e. The van der Waals surface area contributed by atoms with Crippen LogP contribution in [-0.2, 0) is 0 Å². The number of aromatic nitrogens is 1. The molecule has 0 saturated carbocycles. The van der Waals surface area contributed by atoms with Crippen LogP contribution in [0.25, 0.3) is 16.8 Å². The minimum Gasteiger partial charge on any atom is -0.497 e. The van der Waals surface area contributed by atoms with E-state index in [9.17, 15) is 5.26 Å². The largest absolute Gasteiger partial charge is 0.497 e. The van der Waals surface area contributed by atoms with Crippen molar-refractivity contribution in [2.45, 2.75) is 19.8 Å². The summed E-state index contributed by atoms with van der Waals surface area (Å²) >= 11 is 1.46. The van der Waals surface area contributed by atoms with Gasteiger partial charge in [-0.2, -0.15) is 5.26 Å². The quantitative estimate of drug-likeness (QED) is 0.543. The van der Waals surface area contributed by atoms with E-state index >= 15 is 0 Å². The maximum absolute atomic E-state index is 9.58. The number of methoxy groups -OCH3 is 1. The number of para-hydroxylation sites is 1. The summed E-state index contributed by atoms with van der Waals surface area (Å²) in [5.74, 6) is 1.20. The van der Waals surface area contributed by atoms with Gasteiger partial charge in [-0.05, 0) is 41.8 Å². The lowest BCUT2D eigenvalue weighted by Gasteiger charge is -2.12. The van der Waals surface area contributed by atoms with Crippen LogP contribution < -0.4 is 10.1 Å². The lowest BCUT2D eigenvalue weighted by atomic mass is 10.0. The second-order valence-corrected chi connectivity index (χ2v) is 7.18. The van der Waals surface area contributed by atoms with E-state index in [0.29, 0.717) is 16.5 Å². The summed E-state index contributed by atoms with van der Waals surface area (Å²) in [7, 11) is 1.64. The van der Waals surface area contributed by atoms with Gasteiger partial charge < -0.3 is 10.1 Å². The average Bonchev–Trinajstić information content (AvgIpc) is 3.19. The first-order valence-electron chi connectivity index (χ1n) is 8.68. The number of allylic oxidation sites excluding steroid dienone is 1. The van der Waals surface area contributed by atoms with Crippen LogP contribution in [-0.4, -0.2) is 12.1 Å². The molecular weight excluding hydrogens is 354 g/mol. The van der Waals surface area contributed by atoms with Gasteiger partial charge in [0.25, 0.3) is 0 Å². The molecule has 0 aliphatic carbocycles. The first-order chi connectivity index (χ1) is 13.1. The molecule has 0 aliphatic heterocycles. The van der Waals surface area contributed by atoms with Crippen LogP contribution in [0.1, 0.15) is 30.3 Å². The van der Waals surface area contributed by atoms with E-state index in [1.54, 1.807) is 13.3 Å². The Labute approximate surface area is 163 Å². The van der Waals surface area contributed by atoms with Gasteiger partial charge >= 0.3 is 0 Å². The number of benzene rings is 2. The summed E-state index contributed by atoms with van der Waals surface area (Å²) < 4.78 is 5.19. The molecule has 0 amide bonds. The highest BCUT2D eigenvalue weighted by Crippen LogP contribution is 2.28. The molecule has 0 spiro atoms. The van der Waals surface area contributed by atoms with E-state index in [2.05, 4.69) is 36.3 Å². The third-order valence-corrected chi connectivity index (χ3v) is 5.07. The lowest BCUT2D eigenvalue weighted by Crippen LogP contribution is -1.97. The fourth-order valence-electron chi connectivity index (χ4n) is 2.72. The molecule has 0 saturated heterocycles. The van der Waals surface area contributed by atoms with Crippen molar-refractivity contribution in [3.05, 3.63) is 70.7 Å². The third-order valence-electron chi connectivity index (χ3n) is 4.20. The van der Waals surface area contributed by atoms with Crippen molar-refractivity contribution in [3.63, 3.8) is 0 Å². The second-order valence-electron chi connectivity index (χ2n) is 6.32. The smallest absolute Gasteiger partial charge is 0.136 e. The monoisotopic (exact) mass is 375 g/mol. The Bertz CT molecular complexity index is 981. The third kappa shape index (κ3) is 4.36. The van der Waals surface area contributed by atoms with Gasteiger partial charge in [-0.1, -0.05) is 32.0 Å². The Hall–Kier alpha value is -3.10. The van der Waals surface area contributed by atoms with Gasteiger partial charge in [0, 0.05) is 22.8 Å². The predicted octanol–water partition coefficient (Wildman–Crippen LogP) is 5.92. The number of nitrogens with zero attached hydrogens (tertiary/aromatic N) is 2. The minimum absolute atomic E-state index is 0.397. The zero-order chi connectivity index (χ0) is 19.2. The number of ether oxygens (including phenoxy) is 1. The Kier molecular flexibility index (Phi) is 5.90. The van der Waals surface area contributed by atoms with Crippen molar-refractivity contribution in [1.82, 2.24) is 4.98 Å². The fourth-order valence-corrected chi connectivity index (χ4v) is 3.51. The topological polar surface area (TPSA) is 57.9 Å². The highest BCUT2D eigenvalue weighted by molar-refractivity contribution is 7.11. The van der Waals surface area contributed by atoms with Gasteiger partial charge in [0.15, 0.2) is 0 Å². The van der Waals surface area contributed by atoms with E-state index in [0.717, 1.165) is 22.7 Å². The normalized spacial score (nSPS) is 11.3. The molecule has 1 N–H and O–H groups in total. The zero-order valence-electron chi connectivity index (χ0n) is 15.6. The molecule has 0 bridgehead atoms. The van der Waals surface area contributed by atoms with Crippen molar-refractivity contribution in [2.24, 2.45) is 0 Å². The number of nitriles is 1. The molecule has 3 rings (SSSR count). The van der Waals surface area contributed by atoms with E-state index < -0.39 is 0 Å². The maximum atomic E-state index is 9.58. The summed E-state index contributed by atoms with van der Waals surface area (Å²) in [5, 5.41) is 15.5. The SMILES string of the molecule is COc1ccc(-c2csc(/C(C#N)=C\Nc3ccccc3C(C)C)n2)cc1. The summed E-state index contributed by atoms with van der Waals surface area (Å²) in [5.41, 5.74) is 4.57. The van der Waals surface area contributed by atoms with Gasteiger partial charge in [0.05, 0.1) is 12.8 Å². The minimum atomic E-state index is 0.397. The Morgan fingerprint density at radius 3 is 2.59 bits per heavy atom. The van der Waals surface area contributed by atoms with Gasteiger partial charge in [0.2, 0.25) is 0 Å². The second kappa shape index (κ2) is 8.52. The molecule has 2 aromatic carbocycles. The number of rotatable bonds is 6. The zero-order valence-corrected chi connectivity index (χ0v) is 16.4. The van der Waals surface area contributed by atoms with Gasteiger partial charge in [-0.25, -0.2) is 4.98 Å². The molecule has 3 aromatic rings. The van der Waals surface area contributed by atoms with E-state index in [-0.39, 0.29) is 0 Å². The van der Waals surface area contributed by atoms with Crippen molar-refractivity contribution >= 4 is 22.6 Å². The summed E-state index contributed by atoms with van der Waals surface area (Å²) in [6, 6.07) is 18.1. The molecule has 136 valence electrons. The molecule has 4 nitrogen and oxygen atoms in total. The van der Waals surface area contributed by atoms with Crippen LogP contribution in [0.4, 0.5) is 5.69 Å². The van der Waals surface area contributed by atoms with Crippen LogP contribution in [0.15, 0.2) is 60.1 Å². The van der Waals surface area contributed by atoms with Gasteiger partial charge in [-0.15, -0.1) is 11.3 Å². The Morgan fingerprint density at radius 2 is 1.93 bits per heavy atom. The summed E-state index contributed by atoms with van der Waals surface area (Å²) in [6.07, 6.45) is 1.73. The molecule has 1 aromatic heterocycles. The van der Waals surface area contributed by atoms with Gasteiger partial charge in [0.1, 0.15) is 22.4 Å². The highest BCUT2D eigenvalue weighted by Gasteiger charge is 2.10. The van der Waals surface area contributed by atoms with Crippen LogP contribution in [0.3, 0.4) is 0 Å². The lowest BCUT2D eigenvalue weighted by molar-refractivity contribution is 0.415. The Morgan fingerprint density at radius 1 is 1.19 bits per heavy atom. The number of nitrogens with one attached hydrogen (secondary N) is 1. The van der Waals surface area contributed by atoms with E-state index in [1.807, 2.05) is 47.8 Å². The summed E-state index contributed by atoms with van der Waals surface area (Å²) in [6.45, 7) is 4.30. The number of anilines is 1. The van der Waals surface area contributed by atoms with Crippen LogP contribution in [0, 0.1) is 11.3 Å². The highest BCUT2D eigenvalue weighted by atomic mass is 32.1. The number of thiazole rings is 1. The van der Waals surface area contributed by atoms with Crippen molar-refractivity contribution < 1.29 is 4.74 Å². The van der Waals surface area contributed by atoms with Crippen molar-refractivity contribution in [2.75, 3.05) is 12.4 Å². The van der Waals surface area contributed by atoms with E-state index in [1.165, 1.54) is 16.9 Å². The number of hydrogen-bond donors (Lipinski definition) is 1. The molecule has 0 radical (unpaired) electrons. The fraction of sp³-hybridized carbons (Fsp3) is 0.182. The van der Waals surface area contributed by atoms with Crippen molar-refractivity contribution in [3.8, 4) is 23.1 Å². The van der Waals surface area contributed by atoms with Crippen LogP contribution in [0.5, 0.6) is 5.75 Å². The molecule has 5 heteroatoms. The molecule has 27 heavy (non-hydrogen) atoms. The molecular formula is C22H21N3OS. The molecule has 0 unspecified atom stereocenters. The number of hydrogen-bond acceptors (Lipinski definition) is 5. The Balaban J connectivity index is 1.83. The summed E-state index contributed by atoms with van der Waals surface area (Å²) in [4.78, 5) is 4.62. The molecule has 0 atom stereocenters.